The Labute approximate surface area is 156 Å². The van der Waals surface area contributed by atoms with Crippen molar-refractivity contribution < 1.29 is 9.59 Å². The first kappa shape index (κ1) is 17.6. The Balaban J connectivity index is 1.58. The van der Waals surface area contributed by atoms with E-state index in [4.69, 9.17) is 23.2 Å². The van der Waals surface area contributed by atoms with Crippen molar-refractivity contribution in [1.29, 1.82) is 0 Å². The lowest BCUT2D eigenvalue weighted by atomic mass is 10.2. The molecular weight excluding hydrogens is 361 g/mol. The van der Waals surface area contributed by atoms with Crippen LogP contribution in [0.2, 0.25) is 10.0 Å². The minimum atomic E-state index is -0.711. The van der Waals surface area contributed by atoms with Crippen LogP contribution in [0.25, 0.3) is 0 Å². The van der Waals surface area contributed by atoms with Crippen molar-refractivity contribution in [2.24, 2.45) is 0 Å². The molecule has 5 nitrogen and oxygen atoms in total. The molecule has 0 saturated carbocycles. The first-order valence-corrected chi connectivity index (χ1v) is 8.65. The van der Waals surface area contributed by atoms with Crippen LogP contribution in [0.1, 0.15) is 0 Å². The summed E-state index contributed by atoms with van der Waals surface area (Å²) in [6, 6.07) is 14.7. The molecule has 7 heteroatoms. The number of hydrogen-bond acceptors (Lipinski definition) is 3. The maximum atomic E-state index is 12.4. The van der Waals surface area contributed by atoms with E-state index in [0.29, 0.717) is 41.9 Å². The van der Waals surface area contributed by atoms with Gasteiger partial charge in [-0.1, -0.05) is 41.4 Å². The van der Waals surface area contributed by atoms with E-state index in [2.05, 4.69) is 10.2 Å². The highest BCUT2D eigenvalue weighted by Gasteiger charge is 2.26. The fraction of sp³-hybridized carbons (Fsp3) is 0.222. The normalized spacial score (nSPS) is 14.3. The smallest absolute Gasteiger partial charge is 0.313 e. The summed E-state index contributed by atoms with van der Waals surface area (Å²) in [5.41, 5.74) is 1.44. The summed E-state index contributed by atoms with van der Waals surface area (Å²) in [5.74, 6) is -1.28. The minimum absolute atomic E-state index is 0.329. The number of benzene rings is 2. The molecule has 0 aliphatic carbocycles. The molecule has 2 amide bonds. The van der Waals surface area contributed by atoms with Gasteiger partial charge in [-0.05, 0) is 30.3 Å². The number of halogens is 2. The van der Waals surface area contributed by atoms with Crippen molar-refractivity contribution in [3.8, 4) is 0 Å². The van der Waals surface area contributed by atoms with Crippen LogP contribution in [-0.2, 0) is 9.59 Å². The average Bonchev–Trinajstić information content (AvgIpc) is 2.65. The molecule has 1 N–H and O–H groups in total. The zero-order valence-corrected chi connectivity index (χ0v) is 14.9. The summed E-state index contributed by atoms with van der Waals surface area (Å²) < 4.78 is 0. The van der Waals surface area contributed by atoms with E-state index in [-0.39, 0.29) is 0 Å². The second-order valence-corrected chi connectivity index (χ2v) is 6.54. The fourth-order valence-electron chi connectivity index (χ4n) is 2.72. The maximum absolute atomic E-state index is 12.4. The molecule has 1 fully saturated rings. The highest BCUT2D eigenvalue weighted by molar-refractivity contribution is 6.42. The number of piperazine rings is 1. The van der Waals surface area contributed by atoms with Crippen LogP contribution in [0.4, 0.5) is 11.4 Å². The first-order chi connectivity index (χ1) is 12.0. The number of rotatable bonds is 2. The van der Waals surface area contributed by atoms with Gasteiger partial charge in [-0.25, -0.2) is 0 Å². The molecular formula is C18H17Cl2N3O2. The quantitative estimate of drug-likeness (QED) is 0.817. The van der Waals surface area contributed by atoms with Crippen LogP contribution in [0.15, 0.2) is 48.5 Å². The van der Waals surface area contributed by atoms with Crippen molar-refractivity contribution in [2.75, 3.05) is 36.4 Å². The van der Waals surface area contributed by atoms with Gasteiger partial charge in [0.25, 0.3) is 0 Å². The van der Waals surface area contributed by atoms with Gasteiger partial charge >= 0.3 is 11.8 Å². The molecule has 0 aromatic heterocycles. The summed E-state index contributed by atoms with van der Waals surface area (Å²) >= 11 is 11.9. The predicted molar refractivity (Wildman–Crippen MR) is 100 cm³/mol. The molecule has 25 heavy (non-hydrogen) atoms. The van der Waals surface area contributed by atoms with E-state index in [1.807, 2.05) is 30.3 Å². The number of amides is 2. The summed E-state index contributed by atoms with van der Waals surface area (Å²) in [6.45, 7) is 2.34. The molecule has 0 radical (unpaired) electrons. The molecule has 0 atom stereocenters. The molecule has 1 aliphatic heterocycles. The number of hydrogen-bond donors (Lipinski definition) is 1. The molecule has 1 aliphatic rings. The molecule has 0 spiro atoms. The number of nitrogens with zero attached hydrogens (tertiary/aromatic N) is 2. The van der Waals surface area contributed by atoms with Gasteiger partial charge in [0.2, 0.25) is 0 Å². The van der Waals surface area contributed by atoms with Crippen LogP contribution in [-0.4, -0.2) is 42.9 Å². The Kier molecular flexibility index (Phi) is 5.46. The second-order valence-electron chi connectivity index (χ2n) is 5.69. The molecule has 3 rings (SSSR count). The number of carbonyl (C=O) groups excluding carboxylic acids is 2. The predicted octanol–water partition coefficient (Wildman–Crippen LogP) is 3.28. The molecule has 0 unspecified atom stereocenters. The maximum Gasteiger partial charge on any atom is 0.313 e. The minimum Gasteiger partial charge on any atom is -0.368 e. The number of anilines is 2. The summed E-state index contributed by atoms with van der Waals surface area (Å²) in [6.07, 6.45) is 0. The first-order valence-electron chi connectivity index (χ1n) is 7.90. The summed E-state index contributed by atoms with van der Waals surface area (Å²) in [5, 5.41) is 3.30. The topological polar surface area (TPSA) is 52.7 Å². The Hall–Kier alpha value is -2.24. The van der Waals surface area contributed by atoms with Crippen LogP contribution in [0.3, 0.4) is 0 Å². The third-order valence-corrected chi connectivity index (χ3v) is 4.62. The molecule has 1 saturated heterocycles. The number of nitrogens with one attached hydrogen (secondary N) is 1. The van der Waals surface area contributed by atoms with Gasteiger partial charge in [-0.3, -0.25) is 9.59 Å². The average molecular weight is 378 g/mol. The van der Waals surface area contributed by atoms with E-state index in [1.165, 1.54) is 6.07 Å². The van der Waals surface area contributed by atoms with Gasteiger partial charge < -0.3 is 15.1 Å². The largest absolute Gasteiger partial charge is 0.368 e. The van der Waals surface area contributed by atoms with Crippen molar-refractivity contribution >= 4 is 46.4 Å². The van der Waals surface area contributed by atoms with Gasteiger partial charge in [-0.15, -0.1) is 0 Å². The number of carbonyl (C=O) groups is 2. The van der Waals surface area contributed by atoms with Crippen molar-refractivity contribution in [3.63, 3.8) is 0 Å². The van der Waals surface area contributed by atoms with Crippen molar-refractivity contribution in [2.45, 2.75) is 0 Å². The van der Waals surface area contributed by atoms with E-state index in [0.717, 1.165) is 5.69 Å². The van der Waals surface area contributed by atoms with Gasteiger partial charge in [-0.2, -0.15) is 0 Å². The lowest BCUT2D eigenvalue weighted by Gasteiger charge is -2.35. The Bertz CT molecular complexity index is 775. The highest BCUT2D eigenvalue weighted by atomic mass is 35.5. The molecule has 0 bridgehead atoms. The Morgan fingerprint density at radius 3 is 2.28 bits per heavy atom. The second kappa shape index (κ2) is 7.76. The zero-order valence-electron chi connectivity index (χ0n) is 13.4. The van der Waals surface area contributed by atoms with Crippen LogP contribution in [0.5, 0.6) is 0 Å². The SMILES string of the molecule is O=C(Nc1cc(Cl)ccc1Cl)C(=O)N1CCN(c2ccccc2)CC1. The van der Waals surface area contributed by atoms with Gasteiger partial charge in [0.05, 0.1) is 10.7 Å². The molecule has 2 aromatic rings. The number of para-hydroxylation sites is 1. The summed E-state index contributed by atoms with van der Waals surface area (Å²) in [4.78, 5) is 28.3. The standard InChI is InChI=1S/C18H17Cl2N3O2/c19-13-6-7-15(20)16(12-13)21-17(24)18(25)23-10-8-22(9-11-23)14-4-2-1-3-5-14/h1-7,12H,8-11H2,(H,21,24). The van der Waals surface area contributed by atoms with Crippen LogP contribution in [0, 0.1) is 0 Å². The van der Waals surface area contributed by atoms with Crippen molar-refractivity contribution in [3.05, 3.63) is 58.6 Å². The molecule has 130 valence electrons. The molecule has 1 heterocycles. The van der Waals surface area contributed by atoms with Crippen LogP contribution >= 0.6 is 23.2 Å². The van der Waals surface area contributed by atoms with Gasteiger partial charge in [0.15, 0.2) is 0 Å². The molecule has 2 aromatic carbocycles. The summed E-state index contributed by atoms with van der Waals surface area (Å²) in [7, 11) is 0. The van der Waals surface area contributed by atoms with E-state index < -0.39 is 11.8 Å². The highest BCUT2D eigenvalue weighted by Crippen LogP contribution is 2.25. The third kappa shape index (κ3) is 4.24. The van der Waals surface area contributed by atoms with Crippen LogP contribution < -0.4 is 10.2 Å². The van der Waals surface area contributed by atoms with E-state index in [9.17, 15) is 9.59 Å². The van der Waals surface area contributed by atoms with Gasteiger partial charge in [0.1, 0.15) is 0 Å². The Morgan fingerprint density at radius 1 is 0.920 bits per heavy atom. The monoisotopic (exact) mass is 377 g/mol. The lowest BCUT2D eigenvalue weighted by molar-refractivity contribution is -0.143. The van der Waals surface area contributed by atoms with E-state index >= 15 is 0 Å². The zero-order chi connectivity index (χ0) is 17.8. The van der Waals surface area contributed by atoms with Gasteiger partial charge in [0, 0.05) is 36.9 Å². The van der Waals surface area contributed by atoms with E-state index in [1.54, 1.807) is 17.0 Å². The third-order valence-electron chi connectivity index (χ3n) is 4.06. The van der Waals surface area contributed by atoms with Crippen molar-refractivity contribution in [1.82, 2.24) is 4.90 Å². The lowest BCUT2D eigenvalue weighted by Crippen LogP contribution is -2.51. The fourth-order valence-corrected chi connectivity index (χ4v) is 3.06. The Morgan fingerprint density at radius 2 is 1.60 bits per heavy atom.